The summed E-state index contributed by atoms with van der Waals surface area (Å²) in [6.07, 6.45) is 2.90. The molecule has 0 amide bonds. The second kappa shape index (κ2) is 5.59. The van der Waals surface area contributed by atoms with Crippen LogP contribution in [0.4, 0.5) is 5.69 Å². The molecule has 0 atom stereocenters. The molecule has 0 spiro atoms. The maximum Gasteiger partial charge on any atom is 0.101 e. The van der Waals surface area contributed by atoms with Gasteiger partial charge >= 0.3 is 0 Å². The number of benzene rings is 1. The number of anilines is 1. The molecule has 0 fully saturated rings. The Hall–Kier alpha value is -0.680. The van der Waals surface area contributed by atoms with Gasteiger partial charge in [-0.1, -0.05) is 18.0 Å². The molecule has 86 valence electrons. The van der Waals surface area contributed by atoms with Crippen molar-refractivity contribution < 1.29 is 0 Å². The molecular weight excluding hydrogens is 286 g/mol. The smallest absolute Gasteiger partial charge is 0.101 e. The van der Waals surface area contributed by atoms with E-state index in [-0.39, 0.29) is 0 Å². The lowest BCUT2D eigenvalue weighted by Gasteiger charge is -2.08. The predicted octanol–water partition coefficient (Wildman–Crippen LogP) is 2.68. The number of halogens is 1. The summed E-state index contributed by atoms with van der Waals surface area (Å²) in [5, 5.41) is 3.28. The molecule has 0 saturated heterocycles. The molecule has 0 bridgehead atoms. The van der Waals surface area contributed by atoms with E-state index in [0.29, 0.717) is 0 Å². The molecule has 0 unspecified atom stereocenters. The molecule has 3 nitrogen and oxygen atoms in total. The zero-order valence-corrected chi connectivity index (χ0v) is 11.5. The third kappa shape index (κ3) is 2.92. The van der Waals surface area contributed by atoms with E-state index in [1.807, 2.05) is 6.26 Å². The molecule has 0 radical (unpaired) electrons. The highest BCUT2D eigenvalue weighted by molar-refractivity contribution is 9.10. The van der Waals surface area contributed by atoms with Crippen LogP contribution in [-0.2, 0) is 6.42 Å². The summed E-state index contributed by atoms with van der Waals surface area (Å²) in [5.74, 6) is 1.09. The van der Waals surface area contributed by atoms with Crippen LogP contribution in [0.25, 0.3) is 0 Å². The van der Waals surface area contributed by atoms with Crippen LogP contribution in [0.3, 0.4) is 0 Å². The highest BCUT2D eigenvalue weighted by Gasteiger charge is 2.07. The first-order valence-corrected chi connectivity index (χ1v) is 7.16. The average Bonchev–Trinajstić information content (AvgIpc) is 2.75. The summed E-state index contributed by atoms with van der Waals surface area (Å²) in [4.78, 5) is 4.39. The normalized spacial score (nSPS) is 14.5. The van der Waals surface area contributed by atoms with Gasteiger partial charge in [0.2, 0.25) is 0 Å². The monoisotopic (exact) mass is 299 g/mol. The number of aliphatic imine (C=N–C) groups is 1. The number of hydrogen-bond donors (Lipinski definition) is 2. The Balaban J connectivity index is 2.08. The van der Waals surface area contributed by atoms with E-state index in [0.717, 1.165) is 35.5 Å². The van der Waals surface area contributed by atoms with Gasteiger partial charge in [0.15, 0.2) is 0 Å². The largest absolute Gasteiger partial charge is 0.372 e. The molecule has 1 heterocycles. The summed E-state index contributed by atoms with van der Waals surface area (Å²) < 4.78 is 4.32. The molecule has 2 rings (SSSR count). The molecule has 0 saturated carbocycles. The van der Waals surface area contributed by atoms with Gasteiger partial charge in [-0.25, -0.2) is 0 Å². The highest BCUT2D eigenvalue weighted by Crippen LogP contribution is 2.25. The summed E-state index contributed by atoms with van der Waals surface area (Å²) >= 11 is 5.15. The molecule has 1 aromatic rings. The minimum Gasteiger partial charge on any atom is -0.372 e. The van der Waals surface area contributed by atoms with Crippen molar-refractivity contribution in [3.8, 4) is 0 Å². The summed E-state index contributed by atoms with van der Waals surface area (Å²) in [6, 6.07) is 6.36. The van der Waals surface area contributed by atoms with Gasteiger partial charge in [-0.3, -0.25) is 4.99 Å². The van der Waals surface area contributed by atoms with Gasteiger partial charge in [0.05, 0.1) is 12.2 Å². The lowest BCUT2D eigenvalue weighted by atomic mass is 10.1. The van der Waals surface area contributed by atoms with Crippen molar-refractivity contribution in [1.29, 1.82) is 0 Å². The fourth-order valence-corrected chi connectivity index (χ4v) is 2.67. The first-order valence-electron chi connectivity index (χ1n) is 5.14. The molecule has 0 aliphatic carbocycles. The minimum atomic E-state index is 0.887. The van der Waals surface area contributed by atoms with Crippen molar-refractivity contribution >= 4 is 39.4 Å². The van der Waals surface area contributed by atoms with E-state index >= 15 is 0 Å². The average molecular weight is 300 g/mol. The summed E-state index contributed by atoms with van der Waals surface area (Å²) in [5.41, 5.74) is 2.38. The molecule has 0 aromatic heterocycles. The Morgan fingerprint density at radius 1 is 1.56 bits per heavy atom. The van der Waals surface area contributed by atoms with E-state index in [4.69, 9.17) is 0 Å². The van der Waals surface area contributed by atoms with Crippen LogP contribution >= 0.6 is 27.9 Å². The molecule has 1 aromatic carbocycles. The Kier molecular flexibility index (Phi) is 4.12. The molecule has 2 N–H and O–H groups in total. The Bertz CT molecular complexity index is 406. The highest BCUT2D eigenvalue weighted by atomic mass is 79.9. The minimum absolute atomic E-state index is 0.887. The predicted molar refractivity (Wildman–Crippen MR) is 75.3 cm³/mol. The van der Waals surface area contributed by atoms with Gasteiger partial charge in [0.25, 0.3) is 0 Å². The summed E-state index contributed by atoms with van der Waals surface area (Å²) in [7, 11) is 0. The third-order valence-electron chi connectivity index (χ3n) is 2.36. The van der Waals surface area contributed by atoms with Crippen LogP contribution in [-0.4, -0.2) is 25.2 Å². The molecule has 1 aliphatic heterocycles. The second-order valence-electron chi connectivity index (χ2n) is 3.55. The SMILES string of the molecule is CSNc1ccc(CC2=NCCN2)cc1Br. The van der Waals surface area contributed by atoms with E-state index in [1.165, 1.54) is 5.56 Å². The fourth-order valence-electron chi connectivity index (χ4n) is 1.62. The molecule has 1 aliphatic rings. The van der Waals surface area contributed by atoms with Crippen LogP contribution in [0.15, 0.2) is 27.7 Å². The molecule has 5 heteroatoms. The molecule has 16 heavy (non-hydrogen) atoms. The first kappa shape index (κ1) is 11.8. The lowest BCUT2D eigenvalue weighted by molar-refractivity contribution is 0.953. The number of nitrogens with zero attached hydrogens (tertiary/aromatic N) is 1. The van der Waals surface area contributed by atoms with Gasteiger partial charge in [0.1, 0.15) is 5.84 Å². The van der Waals surface area contributed by atoms with Crippen LogP contribution in [0, 0.1) is 0 Å². The van der Waals surface area contributed by atoms with Gasteiger partial charge in [0, 0.05) is 23.7 Å². The Labute approximate surface area is 108 Å². The standard InChI is InChI=1S/C11H14BrN3S/c1-16-15-10-3-2-8(6-9(10)12)7-11-13-4-5-14-11/h2-3,6,15H,4-5,7H2,1H3,(H,13,14). The van der Waals surface area contributed by atoms with E-state index in [9.17, 15) is 0 Å². The van der Waals surface area contributed by atoms with Gasteiger partial charge in [-0.15, -0.1) is 0 Å². The number of amidine groups is 1. The van der Waals surface area contributed by atoms with E-state index in [2.05, 4.69) is 49.2 Å². The van der Waals surface area contributed by atoms with Crippen LogP contribution in [0.1, 0.15) is 5.56 Å². The quantitative estimate of drug-likeness (QED) is 0.839. The maximum atomic E-state index is 4.39. The zero-order chi connectivity index (χ0) is 11.4. The van der Waals surface area contributed by atoms with Crippen molar-refractivity contribution in [3.05, 3.63) is 28.2 Å². The Morgan fingerprint density at radius 3 is 3.06 bits per heavy atom. The zero-order valence-electron chi connectivity index (χ0n) is 9.09. The van der Waals surface area contributed by atoms with E-state index < -0.39 is 0 Å². The van der Waals surface area contributed by atoms with Gasteiger partial charge < -0.3 is 10.0 Å². The van der Waals surface area contributed by atoms with Gasteiger partial charge in [-0.2, -0.15) is 0 Å². The lowest BCUT2D eigenvalue weighted by Crippen LogP contribution is -2.20. The van der Waals surface area contributed by atoms with Crippen molar-refractivity contribution in [3.63, 3.8) is 0 Å². The number of rotatable bonds is 4. The fraction of sp³-hybridized carbons (Fsp3) is 0.364. The third-order valence-corrected chi connectivity index (χ3v) is 3.44. The Morgan fingerprint density at radius 2 is 2.44 bits per heavy atom. The van der Waals surface area contributed by atoms with Crippen molar-refractivity contribution in [2.24, 2.45) is 4.99 Å². The van der Waals surface area contributed by atoms with Crippen molar-refractivity contribution in [2.45, 2.75) is 6.42 Å². The van der Waals surface area contributed by atoms with Gasteiger partial charge in [-0.05, 0) is 33.6 Å². The summed E-state index contributed by atoms with van der Waals surface area (Å²) in [6.45, 7) is 1.88. The van der Waals surface area contributed by atoms with Crippen molar-refractivity contribution in [1.82, 2.24) is 5.32 Å². The second-order valence-corrected chi connectivity index (χ2v) is 5.02. The van der Waals surface area contributed by atoms with Crippen LogP contribution < -0.4 is 10.0 Å². The topological polar surface area (TPSA) is 36.4 Å². The first-order chi connectivity index (χ1) is 7.79. The molecular formula is C11H14BrN3S. The van der Waals surface area contributed by atoms with Crippen molar-refractivity contribution in [2.75, 3.05) is 24.1 Å². The van der Waals surface area contributed by atoms with Crippen LogP contribution in [0.2, 0.25) is 0 Å². The maximum absolute atomic E-state index is 4.39. The number of hydrogen-bond acceptors (Lipinski definition) is 4. The number of nitrogens with one attached hydrogen (secondary N) is 2. The van der Waals surface area contributed by atoms with E-state index in [1.54, 1.807) is 11.9 Å². The van der Waals surface area contributed by atoms with Crippen LogP contribution in [0.5, 0.6) is 0 Å².